The average molecular weight is 193 g/mol. The normalized spacial score (nSPS) is 10.4. The van der Waals surface area contributed by atoms with E-state index >= 15 is 0 Å². The van der Waals surface area contributed by atoms with Gasteiger partial charge in [-0.2, -0.15) is 4.73 Å². The second kappa shape index (κ2) is 3.02. The minimum Gasteiger partial charge on any atom is -0.618 e. The lowest BCUT2D eigenvalue weighted by molar-refractivity contribution is -0.607. The third-order valence-electron chi connectivity index (χ3n) is 1.89. The van der Waals surface area contributed by atoms with E-state index in [4.69, 9.17) is 4.42 Å². The maximum Gasteiger partial charge on any atom is 0.404 e. The molecule has 0 unspecified atom stereocenters. The van der Waals surface area contributed by atoms with Gasteiger partial charge < -0.3 is 14.4 Å². The fourth-order valence-corrected chi connectivity index (χ4v) is 1.20. The zero-order valence-electron chi connectivity index (χ0n) is 7.39. The minimum atomic E-state index is -0.664. The Balaban J connectivity index is 2.64. The number of ether oxygens (including phenoxy) is 1. The molecule has 2 rings (SSSR count). The highest BCUT2D eigenvalue weighted by atomic mass is 16.5. The number of furan rings is 1. The van der Waals surface area contributed by atoms with Crippen LogP contribution >= 0.6 is 0 Å². The number of pyridine rings is 1. The lowest BCUT2D eigenvalue weighted by Crippen LogP contribution is -2.34. The molecule has 5 nitrogen and oxygen atoms in total. The number of carbonyl (C=O) groups excluding carboxylic acids is 1. The molecule has 0 spiro atoms. The van der Waals surface area contributed by atoms with Crippen molar-refractivity contribution in [3.05, 3.63) is 35.5 Å². The molecule has 0 aliphatic rings. The number of fused-ring (bicyclic) bond motifs is 1. The van der Waals surface area contributed by atoms with Crippen LogP contribution in [0.25, 0.3) is 11.0 Å². The smallest absolute Gasteiger partial charge is 0.404 e. The fourth-order valence-electron chi connectivity index (χ4n) is 1.20. The van der Waals surface area contributed by atoms with Gasteiger partial charge in [-0.15, -0.1) is 0 Å². The Morgan fingerprint density at radius 2 is 2.43 bits per heavy atom. The van der Waals surface area contributed by atoms with Crippen molar-refractivity contribution < 1.29 is 18.7 Å². The molecule has 72 valence electrons. The summed E-state index contributed by atoms with van der Waals surface area (Å²) in [5.41, 5.74) is 0.383. The first-order chi connectivity index (χ1) is 6.72. The second-order valence-electron chi connectivity index (χ2n) is 2.72. The summed E-state index contributed by atoms with van der Waals surface area (Å²) in [6, 6.07) is 3.10. The van der Waals surface area contributed by atoms with Crippen LogP contribution in [-0.2, 0) is 4.74 Å². The van der Waals surface area contributed by atoms with Gasteiger partial charge >= 0.3 is 11.7 Å². The van der Waals surface area contributed by atoms with E-state index < -0.39 is 5.97 Å². The SMILES string of the molecule is COC(=O)c1cc2ccoc2c[n+]1[O-]. The van der Waals surface area contributed by atoms with Crippen LogP contribution in [-0.4, -0.2) is 13.1 Å². The van der Waals surface area contributed by atoms with Crippen LogP contribution in [0.15, 0.2) is 29.0 Å². The van der Waals surface area contributed by atoms with Crippen molar-refractivity contribution in [2.45, 2.75) is 0 Å². The Morgan fingerprint density at radius 1 is 1.64 bits per heavy atom. The van der Waals surface area contributed by atoms with Crippen molar-refractivity contribution in [1.82, 2.24) is 0 Å². The van der Waals surface area contributed by atoms with E-state index in [0.717, 1.165) is 0 Å². The zero-order chi connectivity index (χ0) is 10.1. The molecule has 2 aromatic heterocycles. The Morgan fingerprint density at radius 3 is 3.14 bits per heavy atom. The Labute approximate surface area is 79.1 Å². The standard InChI is InChI=1S/C9H7NO4/c1-13-9(11)7-4-6-2-3-14-8(6)5-10(7)12/h2-5H,1H3. The van der Waals surface area contributed by atoms with Gasteiger partial charge in [0.05, 0.1) is 13.4 Å². The molecular formula is C9H7NO4. The van der Waals surface area contributed by atoms with E-state index in [1.807, 2.05) is 0 Å². The van der Waals surface area contributed by atoms with Crippen molar-refractivity contribution in [2.24, 2.45) is 0 Å². The van der Waals surface area contributed by atoms with E-state index in [2.05, 4.69) is 4.74 Å². The molecule has 5 heteroatoms. The van der Waals surface area contributed by atoms with E-state index in [1.54, 1.807) is 6.07 Å². The number of hydrogen-bond acceptors (Lipinski definition) is 4. The maximum atomic E-state index is 11.3. The highest BCUT2D eigenvalue weighted by Crippen LogP contribution is 2.13. The summed E-state index contributed by atoms with van der Waals surface area (Å²) in [6.45, 7) is 0. The lowest BCUT2D eigenvalue weighted by atomic mass is 10.2. The van der Waals surface area contributed by atoms with Gasteiger partial charge in [-0.3, -0.25) is 0 Å². The molecule has 0 atom stereocenters. The Bertz CT molecular complexity index is 489. The van der Waals surface area contributed by atoms with E-state index in [1.165, 1.54) is 25.6 Å². The number of rotatable bonds is 1. The van der Waals surface area contributed by atoms with E-state index in [0.29, 0.717) is 15.7 Å². The van der Waals surface area contributed by atoms with Gasteiger partial charge in [-0.05, 0) is 6.07 Å². The minimum absolute atomic E-state index is 0.0543. The van der Waals surface area contributed by atoms with Gasteiger partial charge in [0.2, 0.25) is 6.20 Å². The van der Waals surface area contributed by atoms with Crippen LogP contribution < -0.4 is 4.73 Å². The highest BCUT2D eigenvalue weighted by Gasteiger charge is 2.18. The summed E-state index contributed by atoms with van der Waals surface area (Å²) >= 11 is 0. The first-order valence-corrected chi connectivity index (χ1v) is 3.91. The van der Waals surface area contributed by atoms with Crippen LogP contribution in [0.5, 0.6) is 0 Å². The van der Waals surface area contributed by atoms with Gasteiger partial charge in [0, 0.05) is 11.5 Å². The van der Waals surface area contributed by atoms with E-state index in [-0.39, 0.29) is 5.69 Å². The number of aromatic nitrogens is 1. The average Bonchev–Trinajstić information content (AvgIpc) is 2.62. The largest absolute Gasteiger partial charge is 0.618 e. The molecule has 0 saturated carbocycles. The molecule has 0 radical (unpaired) electrons. The molecule has 0 amide bonds. The van der Waals surface area contributed by atoms with Crippen LogP contribution in [0.4, 0.5) is 0 Å². The first-order valence-electron chi connectivity index (χ1n) is 3.91. The molecule has 2 heterocycles. The molecule has 0 N–H and O–H groups in total. The van der Waals surface area contributed by atoms with Gasteiger partial charge in [-0.1, -0.05) is 0 Å². The third-order valence-corrected chi connectivity index (χ3v) is 1.89. The number of hydrogen-bond donors (Lipinski definition) is 0. The van der Waals surface area contributed by atoms with Crippen LogP contribution in [0.1, 0.15) is 10.5 Å². The summed E-state index contributed by atoms with van der Waals surface area (Å²) in [7, 11) is 1.22. The molecule has 0 bridgehead atoms. The fraction of sp³-hybridized carbons (Fsp3) is 0.111. The van der Waals surface area contributed by atoms with Crippen LogP contribution in [0.3, 0.4) is 0 Å². The monoisotopic (exact) mass is 193 g/mol. The van der Waals surface area contributed by atoms with Crippen LogP contribution in [0, 0.1) is 5.21 Å². The topological polar surface area (TPSA) is 66.4 Å². The molecule has 14 heavy (non-hydrogen) atoms. The summed E-state index contributed by atoms with van der Waals surface area (Å²) in [6.07, 6.45) is 2.65. The zero-order valence-corrected chi connectivity index (χ0v) is 7.39. The molecule has 2 aromatic rings. The van der Waals surface area contributed by atoms with Crippen molar-refractivity contribution in [2.75, 3.05) is 7.11 Å². The third kappa shape index (κ3) is 1.19. The quantitative estimate of drug-likeness (QED) is 0.382. The summed E-state index contributed by atoms with van der Waals surface area (Å²) in [4.78, 5) is 11.1. The summed E-state index contributed by atoms with van der Waals surface area (Å²) in [5, 5.41) is 12.0. The van der Waals surface area contributed by atoms with Crippen molar-refractivity contribution in [3.63, 3.8) is 0 Å². The molecule has 0 aliphatic heterocycles. The van der Waals surface area contributed by atoms with E-state index in [9.17, 15) is 10.0 Å². The predicted molar refractivity (Wildman–Crippen MR) is 46.5 cm³/mol. The van der Waals surface area contributed by atoms with Gasteiger partial charge in [0.25, 0.3) is 0 Å². The van der Waals surface area contributed by atoms with Gasteiger partial charge in [0.15, 0.2) is 5.58 Å². The van der Waals surface area contributed by atoms with Gasteiger partial charge in [0.1, 0.15) is 0 Å². The number of nitrogens with zero attached hydrogens (tertiary/aromatic N) is 1. The molecular weight excluding hydrogens is 186 g/mol. The maximum absolute atomic E-state index is 11.3. The summed E-state index contributed by atoms with van der Waals surface area (Å²) in [5.74, 6) is -0.664. The Hall–Kier alpha value is -2.04. The second-order valence-corrected chi connectivity index (χ2v) is 2.72. The lowest BCUT2D eigenvalue weighted by Gasteiger charge is -2.01. The predicted octanol–water partition coefficient (Wildman–Crippen LogP) is 0.853. The molecule has 0 fully saturated rings. The Kier molecular flexibility index (Phi) is 1.85. The number of methoxy groups -OCH3 is 1. The van der Waals surface area contributed by atoms with Crippen molar-refractivity contribution in [1.29, 1.82) is 0 Å². The van der Waals surface area contributed by atoms with Crippen molar-refractivity contribution >= 4 is 16.9 Å². The highest BCUT2D eigenvalue weighted by molar-refractivity contribution is 5.89. The molecule has 0 aromatic carbocycles. The van der Waals surface area contributed by atoms with Crippen molar-refractivity contribution in [3.8, 4) is 0 Å². The van der Waals surface area contributed by atoms with Gasteiger partial charge in [-0.25, -0.2) is 4.79 Å². The molecule has 0 aliphatic carbocycles. The number of esters is 1. The first kappa shape index (κ1) is 8.55. The van der Waals surface area contributed by atoms with Crippen LogP contribution in [0.2, 0.25) is 0 Å². The molecule has 0 saturated heterocycles. The summed E-state index contributed by atoms with van der Waals surface area (Å²) < 4.78 is 9.87. The number of carbonyl (C=O) groups is 1.